The Morgan fingerprint density at radius 1 is 0.970 bits per heavy atom. The molecule has 0 aliphatic carbocycles. The monoisotopic (exact) mass is 463 g/mol. The van der Waals surface area contributed by atoms with Gasteiger partial charge in [0, 0.05) is 11.3 Å². The molecule has 1 unspecified atom stereocenters. The van der Waals surface area contributed by atoms with Crippen LogP contribution in [0.15, 0.2) is 72.3 Å². The minimum Gasteiger partial charge on any atom is -0.507 e. The van der Waals surface area contributed by atoms with Crippen molar-refractivity contribution in [1.29, 1.82) is 0 Å². The number of carbonyl (C=O) groups excluding carboxylic acids is 2. The predicted molar refractivity (Wildman–Crippen MR) is 127 cm³/mol. The van der Waals surface area contributed by atoms with Crippen LogP contribution in [0.3, 0.4) is 0 Å². The van der Waals surface area contributed by atoms with Gasteiger partial charge < -0.3 is 14.6 Å². The zero-order valence-electron chi connectivity index (χ0n) is 18.3. The van der Waals surface area contributed by atoms with E-state index in [-0.39, 0.29) is 16.4 Å². The van der Waals surface area contributed by atoms with Crippen LogP contribution in [0.4, 0.5) is 5.69 Å². The van der Waals surface area contributed by atoms with E-state index in [2.05, 4.69) is 0 Å². The van der Waals surface area contributed by atoms with Crippen LogP contribution in [0.25, 0.3) is 5.76 Å². The van der Waals surface area contributed by atoms with Gasteiger partial charge in [-0.05, 0) is 55.0 Å². The summed E-state index contributed by atoms with van der Waals surface area (Å²) < 4.78 is 10.5. The summed E-state index contributed by atoms with van der Waals surface area (Å²) in [6.07, 6.45) is 0. The van der Waals surface area contributed by atoms with Crippen LogP contribution in [0, 0.1) is 6.92 Å². The molecule has 168 valence electrons. The highest BCUT2D eigenvalue weighted by Gasteiger charge is 2.47. The number of methoxy groups -OCH3 is 2. The first-order chi connectivity index (χ1) is 15.8. The number of benzene rings is 3. The van der Waals surface area contributed by atoms with Gasteiger partial charge in [0.15, 0.2) is 0 Å². The second kappa shape index (κ2) is 9.00. The minimum atomic E-state index is -0.858. The maximum atomic E-state index is 13.2. The third kappa shape index (κ3) is 4.05. The smallest absolute Gasteiger partial charge is 0.300 e. The molecule has 0 saturated carbocycles. The molecule has 1 heterocycles. The molecule has 6 nitrogen and oxygen atoms in total. The lowest BCUT2D eigenvalue weighted by molar-refractivity contribution is -0.132. The van der Waals surface area contributed by atoms with Crippen LogP contribution in [0.1, 0.15) is 22.7 Å². The Hall–Kier alpha value is -3.77. The molecule has 0 radical (unpaired) electrons. The van der Waals surface area contributed by atoms with Gasteiger partial charge in [0.2, 0.25) is 0 Å². The maximum absolute atomic E-state index is 13.2. The molecule has 1 fully saturated rings. The van der Waals surface area contributed by atoms with Crippen LogP contribution in [0.2, 0.25) is 5.02 Å². The van der Waals surface area contributed by atoms with Gasteiger partial charge >= 0.3 is 0 Å². The van der Waals surface area contributed by atoms with Gasteiger partial charge in [-0.25, -0.2) is 0 Å². The van der Waals surface area contributed by atoms with Gasteiger partial charge in [0.1, 0.15) is 17.3 Å². The number of hydrogen-bond donors (Lipinski definition) is 1. The summed E-state index contributed by atoms with van der Waals surface area (Å²) in [4.78, 5) is 27.8. The lowest BCUT2D eigenvalue weighted by Gasteiger charge is -2.26. The predicted octanol–water partition coefficient (Wildman–Crippen LogP) is 5.29. The largest absolute Gasteiger partial charge is 0.507 e. The number of hydrogen-bond acceptors (Lipinski definition) is 5. The summed E-state index contributed by atoms with van der Waals surface area (Å²) in [7, 11) is 3.02. The second-order valence-electron chi connectivity index (χ2n) is 7.63. The number of aliphatic hydroxyl groups excluding tert-OH is 1. The molecule has 1 aliphatic rings. The van der Waals surface area contributed by atoms with Crippen molar-refractivity contribution in [2.75, 3.05) is 19.1 Å². The van der Waals surface area contributed by atoms with Crippen LogP contribution in [0.5, 0.6) is 11.5 Å². The number of ether oxygens (including phenoxy) is 2. The van der Waals surface area contributed by atoms with E-state index < -0.39 is 17.7 Å². The number of aryl methyl sites for hydroxylation is 1. The Bertz CT molecular complexity index is 1270. The van der Waals surface area contributed by atoms with Crippen molar-refractivity contribution in [3.8, 4) is 11.5 Å². The summed E-state index contributed by atoms with van der Waals surface area (Å²) in [5.74, 6) is -0.840. The number of nitrogens with zero attached hydrogens (tertiary/aromatic N) is 1. The molecule has 1 N–H and O–H groups in total. The summed E-state index contributed by atoms with van der Waals surface area (Å²) >= 11 is 6.24. The van der Waals surface area contributed by atoms with E-state index in [1.165, 1.54) is 25.2 Å². The highest BCUT2D eigenvalue weighted by Crippen LogP contribution is 2.43. The standard InChI is InChI=1S/C26H22ClNO5/c1-15-7-10-18(11-8-15)28-23(16-5-4-6-19(13-16)32-2)22(25(30)26(28)31)24(29)17-9-12-21(33-3)20(27)14-17/h4-14,23,29H,1-3H3/b24-22-. The topological polar surface area (TPSA) is 76.1 Å². The molecule has 0 aromatic heterocycles. The lowest BCUT2D eigenvalue weighted by Crippen LogP contribution is -2.29. The molecule has 3 aromatic carbocycles. The van der Waals surface area contributed by atoms with Crippen molar-refractivity contribution < 1.29 is 24.2 Å². The Balaban J connectivity index is 1.94. The Labute approximate surface area is 196 Å². The quantitative estimate of drug-likeness (QED) is 0.316. The molecular formula is C26H22ClNO5. The van der Waals surface area contributed by atoms with Gasteiger partial charge in [-0.2, -0.15) is 0 Å². The molecule has 1 amide bonds. The van der Waals surface area contributed by atoms with Crippen molar-refractivity contribution >= 4 is 34.7 Å². The number of rotatable bonds is 5. The Morgan fingerprint density at radius 3 is 2.33 bits per heavy atom. The second-order valence-corrected chi connectivity index (χ2v) is 8.04. The molecule has 4 rings (SSSR count). The van der Waals surface area contributed by atoms with Gasteiger partial charge in [-0.15, -0.1) is 0 Å². The third-order valence-electron chi connectivity index (χ3n) is 5.59. The van der Waals surface area contributed by atoms with E-state index in [0.29, 0.717) is 28.3 Å². The van der Waals surface area contributed by atoms with E-state index >= 15 is 0 Å². The fourth-order valence-electron chi connectivity index (χ4n) is 3.90. The average molecular weight is 464 g/mol. The highest BCUT2D eigenvalue weighted by atomic mass is 35.5. The van der Waals surface area contributed by atoms with Crippen LogP contribution in [-0.4, -0.2) is 31.0 Å². The first kappa shape index (κ1) is 22.4. The fraction of sp³-hybridized carbons (Fsp3) is 0.154. The van der Waals surface area contributed by atoms with E-state index in [1.807, 2.05) is 19.1 Å². The number of ketones is 1. The van der Waals surface area contributed by atoms with E-state index in [1.54, 1.807) is 48.5 Å². The van der Waals surface area contributed by atoms with Crippen molar-refractivity contribution in [3.05, 3.63) is 94.0 Å². The first-order valence-electron chi connectivity index (χ1n) is 10.2. The number of aliphatic hydroxyl groups is 1. The Kier molecular flexibility index (Phi) is 6.11. The van der Waals surface area contributed by atoms with E-state index in [4.69, 9.17) is 21.1 Å². The molecule has 1 atom stereocenters. The molecule has 33 heavy (non-hydrogen) atoms. The Morgan fingerprint density at radius 2 is 1.70 bits per heavy atom. The number of anilines is 1. The molecular weight excluding hydrogens is 442 g/mol. The first-order valence-corrected chi connectivity index (χ1v) is 10.6. The van der Waals surface area contributed by atoms with Crippen LogP contribution >= 0.6 is 11.6 Å². The zero-order valence-corrected chi connectivity index (χ0v) is 19.1. The lowest BCUT2D eigenvalue weighted by atomic mass is 9.95. The van der Waals surface area contributed by atoms with Crippen molar-refractivity contribution in [2.24, 2.45) is 0 Å². The molecule has 3 aromatic rings. The molecule has 1 aliphatic heterocycles. The number of carbonyl (C=O) groups is 2. The maximum Gasteiger partial charge on any atom is 0.300 e. The van der Waals surface area contributed by atoms with E-state index in [9.17, 15) is 14.7 Å². The highest BCUT2D eigenvalue weighted by molar-refractivity contribution is 6.51. The summed E-state index contributed by atoms with van der Waals surface area (Å²) in [5.41, 5.74) is 2.45. The molecule has 0 spiro atoms. The SMILES string of the molecule is COc1cccc(C2/C(=C(/O)c3ccc(OC)c(Cl)c3)C(=O)C(=O)N2c2ccc(C)cc2)c1. The number of halogens is 1. The normalized spacial score (nSPS) is 17.3. The molecule has 7 heteroatoms. The van der Waals surface area contributed by atoms with Crippen molar-refractivity contribution in [3.63, 3.8) is 0 Å². The third-order valence-corrected chi connectivity index (χ3v) is 5.89. The van der Waals surface area contributed by atoms with Crippen molar-refractivity contribution in [1.82, 2.24) is 0 Å². The average Bonchev–Trinajstić information content (AvgIpc) is 3.09. The zero-order chi connectivity index (χ0) is 23.7. The van der Waals surface area contributed by atoms with Gasteiger partial charge in [0.05, 0.1) is 30.9 Å². The number of amides is 1. The fourth-order valence-corrected chi connectivity index (χ4v) is 4.16. The summed E-state index contributed by atoms with van der Waals surface area (Å²) in [6, 6.07) is 18.2. The number of Topliss-reactive ketones (excluding diaryl/α,β-unsaturated/α-hetero) is 1. The van der Waals surface area contributed by atoms with Crippen LogP contribution < -0.4 is 14.4 Å². The van der Waals surface area contributed by atoms with Gasteiger partial charge in [-0.1, -0.05) is 41.4 Å². The summed E-state index contributed by atoms with van der Waals surface area (Å²) in [5, 5.41) is 11.5. The summed E-state index contributed by atoms with van der Waals surface area (Å²) in [6.45, 7) is 1.94. The van der Waals surface area contributed by atoms with Crippen LogP contribution in [-0.2, 0) is 9.59 Å². The minimum absolute atomic E-state index is 0.0324. The molecule has 0 bridgehead atoms. The van der Waals surface area contributed by atoms with Crippen molar-refractivity contribution in [2.45, 2.75) is 13.0 Å². The molecule has 1 saturated heterocycles. The van der Waals surface area contributed by atoms with Gasteiger partial charge in [0.25, 0.3) is 11.7 Å². The van der Waals surface area contributed by atoms with Gasteiger partial charge in [-0.3, -0.25) is 14.5 Å². The van der Waals surface area contributed by atoms with E-state index in [0.717, 1.165) is 5.56 Å².